The van der Waals surface area contributed by atoms with Gasteiger partial charge in [0.05, 0.1) is 0 Å². The summed E-state index contributed by atoms with van der Waals surface area (Å²) in [6.45, 7) is 10.1. The first-order valence-corrected chi connectivity index (χ1v) is 13.5. The minimum atomic E-state index is -5.46. The molecule has 0 rings (SSSR count). The quantitative estimate of drug-likeness (QED) is 0.120. The van der Waals surface area contributed by atoms with Crippen LogP contribution < -0.4 is 0 Å². The number of alkyl halides is 24. The zero-order valence-corrected chi connectivity index (χ0v) is 31.6. The Bertz CT molecular complexity index is 1110. The molecule has 0 fully saturated rings. The Morgan fingerprint density at radius 2 is 0.367 bits per heavy atom. The van der Waals surface area contributed by atoms with E-state index in [0.29, 0.717) is 0 Å². The Balaban J connectivity index is -0.000000153. The molecule has 0 amide bonds. The first kappa shape index (κ1) is 68.0. The molecule has 0 atom stereocenters. The van der Waals surface area contributed by atoms with E-state index in [0.717, 1.165) is 0 Å². The smallest absolute Gasteiger partial charge is 0.324 e. The van der Waals surface area contributed by atoms with E-state index in [1.807, 2.05) is 0 Å². The molecular weight excluding hydrogens is 999 g/mol. The van der Waals surface area contributed by atoms with Crippen molar-refractivity contribution in [3.8, 4) is 0 Å². The van der Waals surface area contributed by atoms with Crippen LogP contribution in [0.5, 0.6) is 0 Å². The van der Waals surface area contributed by atoms with Crippen molar-refractivity contribution >= 4 is 46.3 Å². The number of hydrogen-bond acceptors (Lipinski definition) is 9. The molecule has 0 aromatic heterocycles. The molecule has 0 saturated carbocycles. The monoisotopic (exact) mass is 1020 g/mol. The molecule has 34 heteroatoms. The topological polar surface area (TPSA) is 140 Å². The molecular formula is C26H19F24NO8Y-. The van der Waals surface area contributed by atoms with Gasteiger partial charge in [0.2, 0.25) is 0 Å². The van der Waals surface area contributed by atoms with E-state index in [2.05, 4.69) is 25.7 Å². The van der Waals surface area contributed by atoms with E-state index < -0.39 is 121 Å². The van der Waals surface area contributed by atoms with Gasteiger partial charge < -0.3 is 43.3 Å². The van der Waals surface area contributed by atoms with Gasteiger partial charge in [-0.3, -0.25) is 0 Å². The summed E-state index contributed by atoms with van der Waals surface area (Å²) in [6.07, 6.45) is -47.8. The van der Waals surface area contributed by atoms with Gasteiger partial charge in [-0.25, -0.2) is 25.7 Å². The molecule has 0 spiro atoms. The standard InChI is InChI=1S/C6H15N.4C5HF6O2.Y/c1-4-7(5-2)6-3;4*6-4(7,8)2(12)1-3(13)5(9,10)11;/h4-6H2,1-3H3;4*1H;/q;4*-1;+3. The fourth-order valence-electron chi connectivity index (χ4n) is 1.80. The van der Waals surface area contributed by atoms with Crippen LogP contribution in [0.3, 0.4) is 0 Å². The van der Waals surface area contributed by atoms with Gasteiger partial charge in [0.15, 0.2) is 0 Å². The number of Topliss-reactive ketones (excluding diaryl/α,β-unsaturated/α-hetero) is 8. The number of carbonyl (C=O) groups is 8. The molecule has 348 valence electrons. The summed E-state index contributed by atoms with van der Waals surface area (Å²) < 4.78 is 271. The third-order valence-corrected chi connectivity index (χ3v) is 4.63. The fraction of sp³-hybridized carbons (Fsp3) is 0.538. The number of ketones is 8. The number of carbonyl (C=O) groups excluding carboxylic acids is 8. The maximum atomic E-state index is 11.3. The molecule has 0 N–H and O–H groups in total. The van der Waals surface area contributed by atoms with E-state index in [4.69, 9.17) is 0 Å². The van der Waals surface area contributed by atoms with E-state index >= 15 is 0 Å². The fourth-order valence-corrected chi connectivity index (χ4v) is 1.80. The van der Waals surface area contributed by atoms with Gasteiger partial charge in [0.25, 0.3) is 0 Å². The molecule has 0 unspecified atom stereocenters. The molecule has 0 aliphatic rings. The molecule has 0 radical (unpaired) electrons. The van der Waals surface area contributed by atoms with Crippen molar-refractivity contribution in [1.29, 1.82) is 0 Å². The van der Waals surface area contributed by atoms with E-state index in [9.17, 15) is 144 Å². The van der Waals surface area contributed by atoms with Crippen LogP contribution in [0, 0.1) is 25.7 Å². The van der Waals surface area contributed by atoms with Gasteiger partial charge in [0.1, 0.15) is 46.3 Å². The Hall–Kier alpha value is -3.78. The molecule has 0 aromatic rings. The summed E-state index contributed by atoms with van der Waals surface area (Å²) in [5, 5.41) is 0. The normalized spacial score (nSPS) is 12.0. The summed E-state index contributed by atoms with van der Waals surface area (Å²) in [7, 11) is 0. The summed E-state index contributed by atoms with van der Waals surface area (Å²) in [5.41, 5.74) is 0. The molecule has 60 heavy (non-hydrogen) atoms. The maximum absolute atomic E-state index is 11.3. The molecule has 0 heterocycles. The SMILES string of the molecule is CCN(CC)CC.O=C([CH-]C(=O)C(F)(F)F)C(F)(F)F.O=C([CH-]C(=O)C(F)(F)F)C(F)(F)F.O=C([CH-]C(=O)C(F)(F)F)C(F)(F)F.O=C([CH-]C(=O)C(F)(F)F)C(F)(F)F.[Y+3]. The first-order valence-electron chi connectivity index (χ1n) is 13.5. The van der Waals surface area contributed by atoms with Crippen molar-refractivity contribution in [2.75, 3.05) is 19.6 Å². The van der Waals surface area contributed by atoms with Gasteiger partial charge in [0, 0.05) is 0 Å². The zero-order valence-electron chi connectivity index (χ0n) is 28.8. The van der Waals surface area contributed by atoms with Crippen molar-refractivity contribution in [2.45, 2.75) is 70.2 Å². The second-order valence-electron chi connectivity index (χ2n) is 9.09. The molecule has 0 bridgehead atoms. The van der Waals surface area contributed by atoms with E-state index in [-0.39, 0.29) is 32.7 Å². The Kier molecular flexibility index (Phi) is 30.1. The number of rotatable bonds is 11. The largest absolute Gasteiger partial charge is 3.00 e. The molecule has 0 aliphatic heterocycles. The average molecular weight is 1020 g/mol. The molecule has 0 saturated heterocycles. The van der Waals surface area contributed by atoms with Gasteiger partial charge in [-0.05, 0) is 19.6 Å². The van der Waals surface area contributed by atoms with E-state index in [1.54, 1.807) is 0 Å². The minimum absolute atomic E-state index is 0. The van der Waals surface area contributed by atoms with Crippen LogP contribution in [0.15, 0.2) is 0 Å². The van der Waals surface area contributed by atoms with Crippen LogP contribution >= 0.6 is 0 Å². The van der Waals surface area contributed by atoms with Crippen molar-refractivity contribution in [3.05, 3.63) is 25.7 Å². The van der Waals surface area contributed by atoms with Crippen molar-refractivity contribution in [1.82, 2.24) is 4.90 Å². The van der Waals surface area contributed by atoms with E-state index in [1.165, 1.54) is 19.6 Å². The Labute approximate surface area is 342 Å². The van der Waals surface area contributed by atoms with Crippen LogP contribution in [0.1, 0.15) is 20.8 Å². The minimum Gasteiger partial charge on any atom is -0.324 e. The predicted octanol–water partition coefficient (Wildman–Crippen LogP) is 7.16. The van der Waals surface area contributed by atoms with Crippen LogP contribution in [0.2, 0.25) is 0 Å². The summed E-state index contributed by atoms with van der Waals surface area (Å²) in [5.74, 6) is -22.6. The first-order chi connectivity index (χ1) is 25.5. The summed E-state index contributed by atoms with van der Waals surface area (Å²) in [6, 6.07) is 0. The number of halogens is 24. The summed E-state index contributed by atoms with van der Waals surface area (Å²) in [4.78, 5) is 80.9. The van der Waals surface area contributed by atoms with Crippen LogP contribution in [0.4, 0.5) is 105 Å². The second kappa shape index (κ2) is 26.5. The van der Waals surface area contributed by atoms with Crippen molar-refractivity contribution in [3.63, 3.8) is 0 Å². The van der Waals surface area contributed by atoms with Crippen molar-refractivity contribution in [2.24, 2.45) is 0 Å². The predicted molar refractivity (Wildman–Crippen MR) is 139 cm³/mol. The van der Waals surface area contributed by atoms with Gasteiger partial charge in [-0.2, -0.15) is 105 Å². The van der Waals surface area contributed by atoms with Crippen molar-refractivity contribution < 1.29 is 176 Å². The number of nitrogens with zero attached hydrogens (tertiary/aromatic N) is 1. The third-order valence-electron chi connectivity index (χ3n) is 4.63. The Morgan fingerprint density at radius 1 is 0.283 bits per heavy atom. The summed E-state index contributed by atoms with van der Waals surface area (Å²) >= 11 is 0. The van der Waals surface area contributed by atoms with Crippen LogP contribution in [-0.2, 0) is 71.1 Å². The molecule has 0 aliphatic carbocycles. The third kappa shape index (κ3) is 35.0. The average Bonchev–Trinajstić information content (AvgIpc) is 2.99. The number of hydrogen-bond donors (Lipinski definition) is 0. The zero-order chi connectivity index (χ0) is 49.1. The molecule has 0 aromatic carbocycles. The van der Waals surface area contributed by atoms with Gasteiger partial charge in [-0.1, -0.05) is 20.8 Å². The maximum Gasteiger partial charge on any atom is 3.00 e. The van der Waals surface area contributed by atoms with Crippen LogP contribution in [0.25, 0.3) is 0 Å². The van der Waals surface area contributed by atoms with Crippen LogP contribution in [-0.4, -0.2) is 120 Å². The molecule has 9 nitrogen and oxygen atoms in total. The van der Waals surface area contributed by atoms with Gasteiger partial charge in [-0.15, -0.1) is 0 Å². The Morgan fingerprint density at radius 3 is 0.400 bits per heavy atom. The second-order valence-corrected chi connectivity index (χ2v) is 9.09. The van der Waals surface area contributed by atoms with Gasteiger partial charge >= 0.3 is 82.1 Å².